The molecular formula is C15H21N. The van der Waals surface area contributed by atoms with Gasteiger partial charge in [-0.1, -0.05) is 49.6 Å². The molecule has 1 aromatic carbocycles. The van der Waals surface area contributed by atoms with E-state index in [-0.39, 0.29) is 0 Å². The van der Waals surface area contributed by atoms with Gasteiger partial charge in [-0.3, -0.25) is 0 Å². The molecule has 2 saturated carbocycles. The summed E-state index contributed by atoms with van der Waals surface area (Å²) < 4.78 is 0. The first-order valence-corrected chi connectivity index (χ1v) is 6.66. The topological polar surface area (TPSA) is 12.0 Å². The summed E-state index contributed by atoms with van der Waals surface area (Å²) in [6, 6.07) is 11.6. The molecule has 2 aliphatic rings. The number of benzene rings is 1. The predicted octanol–water partition coefficient (Wildman–Crippen LogP) is 3.50. The SMILES string of the molecule is c1ccc(CN[C@@H]2CC23CCCCC3)cc1. The minimum atomic E-state index is 0.715. The molecule has 2 fully saturated rings. The van der Waals surface area contributed by atoms with Crippen molar-refractivity contribution >= 4 is 0 Å². The van der Waals surface area contributed by atoms with Crippen LogP contribution in [0, 0.1) is 5.41 Å². The fourth-order valence-corrected chi connectivity index (χ4v) is 3.28. The first-order valence-electron chi connectivity index (χ1n) is 6.66. The lowest BCUT2D eigenvalue weighted by atomic mass is 9.86. The van der Waals surface area contributed by atoms with Crippen molar-refractivity contribution in [2.24, 2.45) is 5.41 Å². The van der Waals surface area contributed by atoms with Crippen molar-refractivity contribution in [1.82, 2.24) is 5.32 Å². The summed E-state index contributed by atoms with van der Waals surface area (Å²) in [5.41, 5.74) is 2.13. The third-order valence-electron chi connectivity index (χ3n) is 4.43. The van der Waals surface area contributed by atoms with Gasteiger partial charge in [0, 0.05) is 12.6 Å². The van der Waals surface area contributed by atoms with Crippen LogP contribution in [0.2, 0.25) is 0 Å². The molecule has 1 heteroatoms. The number of hydrogen-bond donors (Lipinski definition) is 1. The van der Waals surface area contributed by atoms with Gasteiger partial charge in [0.15, 0.2) is 0 Å². The van der Waals surface area contributed by atoms with Crippen LogP contribution in [0.1, 0.15) is 44.1 Å². The standard InChI is InChI=1S/C15H21N/c1-3-7-13(8-4-1)12-16-14-11-15(14)9-5-2-6-10-15/h1,3-4,7-8,14,16H,2,5-6,9-12H2/t14-/m1/s1. The first-order chi connectivity index (χ1) is 7.89. The van der Waals surface area contributed by atoms with Crippen molar-refractivity contribution in [3.63, 3.8) is 0 Å². The molecule has 0 aliphatic heterocycles. The van der Waals surface area contributed by atoms with Gasteiger partial charge in [0.1, 0.15) is 0 Å². The second-order valence-electron chi connectivity index (χ2n) is 5.55. The number of hydrogen-bond acceptors (Lipinski definition) is 1. The molecule has 0 amide bonds. The maximum absolute atomic E-state index is 3.73. The Morgan fingerprint density at radius 3 is 2.56 bits per heavy atom. The van der Waals surface area contributed by atoms with E-state index in [0.29, 0.717) is 5.41 Å². The summed E-state index contributed by atoms with van der Waals surface area (Å²) in [5, 5.41) is 3.73. The normalized spacial score (nSPS) is 26.9. The van der Waals surface area contributed by atoms with Crippen molar-refractivity contribution in [2.75, 3.05) is 0 Å². The van der Waals surface area contributed by atoms with Gasteiger partial charge in [0.2, 0.25) is 0 Å². The fourth-order valence-electron chi connectivity index (χ4n) is 3.28. The second-order valence-corrected chi connectivity index (χ2v) is 5.55. The summed E-state index contributed by atoms with van der Waals surface area (Å²) in [6.07, 6.45) is 8.76. The summed E-state index contributed by atoms with van der Waals surface area (Å²) in [5.74, 6) is 0. The molecule has 1 atom stereocenters. The molecule has 0 bridgehead atoms. The van der Waals surface area contributed by atoms with Gasteiger partial charge in [0.05, 0.1) is 0 Å². The van der Waals surface area contributed by atoms with E-state index in [1.807, 2.05) is 0 Å². The molecule has 1 aromatic rings. The van der Waals surface area contributed by atoms with Gasteiger partial charge >= 0.3 is 0 Å². The molecule has 0 radical (unpaired) electrons. The van der Waals surface area contributed by atoms with E-state index < -0.39 is 0 Å². The van der Waals surface area contributed by atoms with Gasteiger partial charge in [-0.05, 0) is 30.2 Å². The lowest BCUT2D eigenvalue weighted by molar-refractivity contribution is 0.313. The minimum absolute atomic E-state index is 0.715. The van der Waals surface area contributed by atoms with Crippen LogP contribution in [0.4, 0.5) is 0 Å². The highest BCUT2D eigenvalue weighted by molar-refractivity contribution is 5.16. The highest BCUT2D eigenvalue weighted by Gasteiger charge is 2.53. The Morgan fingerprint density at radius 1 is 1.06 bits per heavy atom. The average Bonchev–Trinajstić information content (AvgIpc) is 3.01. The van der Waals surface area contributed by atoms with E-state index in [9.17, 15) is 0 Å². The van der Waals surface area contributed by atoms with Crippen molar-refractivity contribution in [1.29, 1.82) is 0 Å². The van der Waals surface area contributed by atoms with Gasteiger partial charge in [0.25, 0.3) is 0 Å². The molecule has 0 saturated heterocycles. The highest BCUT2D eigenvalue weighted by Crippen LogP contribution is 2.56. The molecule has 2 aliphatic carbocycles. The molecule has 3 rings (SSSR count). The summed E-state index contributed by atoms with van der Waals surface area (Å²) in [6.45, 7) is 1.05. The van der Waals surface area contributed by atoms with Gasteiger partial charge in [-0.2, -0.15) is 0 Å². The van der Waals surface area contributed by atoms with Crippen LogP contribution in [0.25, 0.3) is 0 Å². The largest absolute Gasteiger partial charge is 0.309 e. The van der Waals surface area contributed by atoms with Crippen LogP contribution < -0.4 is 5.32 Å². The van der Waals surface area contributed by atoms with E-state index in [4.69, 9.17) is 0 Å². The molecule has 0 aromatic heterocycles. The molecule has 1 N–H and O–H groups in total. The Bertz CT molecular complexity index is 338. The first kappa shape index (κ1) is 10.3. The van der Waals surface area contributed by atoms with Gasteiger partial charge in [-0.25, -0.2) is 0 Å². The third kappa shape index (κ3) is 2.01. The van der Waals surface area contributed by atoms with Gasteiger partial charge < -0.3 is 5.32 Å². The maximum Gasteiger partial charge on any atom is 0.0208 e. The lowest BCUT2D eigenvalue weighted by Crippen LogP contribution is -2.24. The lowest BCUT2D eigenvalue weighted by Gasteiger charge is -2.22. The maximum atomic E-state index is 3.73. The smallest absolute Gasteiger partial charge is 0.0208 e. The van der Waals surface area contributed by atoms with E-state index in [1.165, 1.54) is 44.1 Å². The van der Waals surface area contributed by atoms with E-state index in [2.05, 4.69) is 35.6 Å². The predicted molar refractivity (Wildman–Crippen MR) is 67.2 cm³/mol. The average molecular weight is 215 g/mol. The number of rotatable bonds is 3. The van der Waals surface area contributed by atoms with Crippen LogP contribution in [0.15, 0.2) is 30.3 Å². The molecule has 16 heavy (non-hydrogen) atoms. The second kappa shape index (κ2) is 4.21. The Kier molecular flexibility index (Phi) is 2.72. The van der Waals surface area contributed by atoms with Crippen molar-refractivity contribution in [2.45, 2.75) is 51.1 Å². The summed E-state index contributed by atoms with van der Waals surface area (Å²) >= 11 is 0. The monoisotopic (exact) mass is 215 g/mol. The van der Waals surface area contributed by atoms with Crippen LogP contribution >= 0.6 is 0 Å². The molecule has 0 heterocycles. The van der Waals surface area contributed by atoms with Crippen molar-refractivity contribution in [3.8, 4) is 0 Å². The summed E-state index contributed by atoms with van der Waals surface area (Å²) in [7, 11) is 0. The van der Waals surface area contributed by atoms with E-state index >= 15 is 0 Å². The van der Waals surface area contributed by atoms with Crippen LogP contribution in [-0.2, 0) is 6.54 Å². The zero-order valence-corrected chi connectivity index (χ0v) is 9.91. The van der Waals surface area contributed by atoms with Crippen LogP contribution in [0.5, 0.6) is 0 Å². The van der Waals surface area contributed by atoms with E-state index in [1.54, 1.807) is 0 Å². The molecule has 86 valence electrons. The Morgan fingerprint density at radius 2 is 1.81 bits per heavy atom. The van der Waals surface area contributed by atoms with Crippen molar-refractivity contribution < 1.29 is 0 Å². The fraction of sp³-hybridized carbons (Fsp3) is 0.600. The van der Waals surface area contributed by atoms with E-state index in [0.717, 1.165) is 12.6 Å². The summed E-state index contributed by atoms with van der Waals surface area (Å²) in [4.78, 5) is 0. The zero-order chi connectivity index (χ0) is 10.8. The Hall–Kier alpha value is -0.820. The van der Waals surface area contributed by atoms with Gasteiger partial charge in [-0.15, -0.1) is 0 Å². The molecule has 1 nitrogen and oxygen atoms in total. The van der Waals surface area contributed by atoms with Crippen molar-refractivity contribution in [3.05, 3.63) is 35.9 Å². The molecular weight excluding hydrogens is 194 g/mol. The third-order valence-corrected chi connectivity index (χ3v) is 4.43. The van der Waals surface area contributed by atoms with Crippen LogP contribution in [0.3, 0.4) is 0 Å². The molecule has 0 unspecified atom stereocenters. The minimum Gasteiger partial charge on any atom is -0.309 e. The molecule has 1 spiro atoms. The van der Waals surface area contributed by atoms with Crippen LogP contribution in [-0.4, -0.2) is 6.04 Å². The Labute approximate surface area is 98.3 Å². The zero-order valence-electron chi connectivity index (χ0n) is 9.91. The Balaban J connectivity index is 1.51. The quantitative estimate of drug-likeness (QED) is 0.813. The number of nitrogens with one attached hydrogen (secondary N) is 1. The highest BCUT2D eigenvalue weighted by atomic mass is 15.0.